The van der Waals surface area contributed by atoms with Gasteiger partial charge in [0, 0.05) is 45.8 Å². The van der Waals surface area contributed by atoms with Crippen LogP contribution in [0.1, 0.15) is 36.3 Å². The van der Waals surface area contributed by atoms with Crippen molar-refractivity contribution in [2.75, 3.05) is 60.1 Å². The summed E-state index contributed by atoms with van der Waals surface area (Å²) in [5, 5.41) is 0. The van der Waals surface area contributed by atoms with E-state index in [9.17, 15) is 9.59 Å². The zero-order valence-corrected chi connectivity index (χ0v) is 23.3. The van der Waals surface area contributed by atoms with E-state index in [0.717, 1.165) is 69.8 Å². The van der Waals surface area contributed by atoms with Gasteiger partial charge in [0.05, 0.1) is 12.5 Å². The Labute approximate surface area is 232 Å². The number of ether oxygens (including phenoxy) is 2. The lowest BCUT2D eigenvalue weighted by atomic mass is 9.76. The minimum absolute atomic E-state index is 0. The molecule has 0 bridgehead atoms. The Bertz CT molecular complexity index is 1070. The number of hydrogen-bond acceptors (Lipinski definition) is 5. The van der Waals surface area contributed by atoms with Crippen LogP contribution in [0.3, 0.4) is 0 Å². The van der Waals surface area contributed by atoms with E-state index in [2.05, 4.69) is 29.2 Å². The van der Waals surface area contributed by atoms with Crippen LogP contribution in [-0.4, -0.2) is 86.6 Å². The lowest BCUT2D eigenvalue weighted by Crippen LogP contribution is -2.46. The van der Waals surface area contributed by atoms with Gasteiger partial charge in [-0.15, -0.1) is 12.4 Å². The number of nitrogens with zero attached hydrogens (tertiary/aromatic N) is 3. The highest BCUT2D eigenvalue weighted by Gasteiger charge is 2.48. The maximum Gasteiger partial charge on any atom is 0.248 e. The molecule has 3 aliphatic heterocycles. The second-order valence-corrected chi connectivity index (χ2v) is 10.9. The molecule has 5 rings (SSSR count). The third-order valence-electron chi connectivity index (χ3n) is 8.73. The lowest BCUT2D eigenvalue weighted by molar-refractivity contribution is -0.139. The summed E-state index contributed by atoms with van der Waals surface area (Å²) in [7, 11) is 3.24. The zero-order chi connectivity index (χ0) is 25.8. The van der Waals surface area contributed by atoms with Gasteiger partial charge in [-0.3, -0.25) is 9.59 Å². The number of hydrogen-bond donors (Lipinski definition) is 0. The maximum absolute atomic E-state index is 13.5. The first-order chi connectivity index (χ1) is 18.0. The molecular weight excluding hydrogens is 502 g/mol. The fourth-order valence-corrected chi connectivity index (χ4v) is 6.51. The summed E-state index contributed by atoms with van der Waals surface area (Å²) in [5.41, 5.74) is 2.23. The molecule has 2 unspecified atom stereocenters. The van der Waals surface area contributed by atoms with Crippen LogP contribution in [0.4, 0.5) is 0 Å². The largest absolute Gasteiger partial charge is 0.497 e. The average molecular weight is 542 g/mol. The Kier molecular flexibility index (Phi) is 9.34. The number of likely N-dealkylation sites (tertiary alicyclic amines) is 3. The molecule has 38 heavy (non-hydrogen) atoms. The number of carbonyl (C=O) groups is 2. The van der Waals surface area contributed by atoms with Gasteiger partial charge >= 0.3 is 0 Å². The molecule has 7 nitrogen and oxygen atoms in total. The summed E-state index contributed by atoms with van der Waals surface area (Å²) >= 11 is 0. The molecule has 2 atom stereocenters. The Morgan fingerprint density at radius 3 is 2.29 bits per heavy atom. The van der Waals surface area contributed by atoms with Crippen LogP contribution in [0.5, 0.6) is 5.75 Å². The normalized spacial score (nSPS) is 23.1. The molecule has 0 aromatic heterocycles. The minimum Gasteiger partial charge on any atom is -0.497 e. The molecule has 0 radical (unpaired) electrons. The fraction of sp³-hybridized carbons (Fsp3) is 0.533. The van der Waals surface area contributed by atoms with E-state index in [1.807, 2.05) is 40.1 Å². The molecule has 1 spiro atoms. The van der Waals surface area contributed by atoms with Crippen molar-refractivity contribution in [3.8, 4) is 5.75 Å². The summed E-state index contributed by atoms with van der Waals surface area (Å²) in [6.07, 6.45) is 2.78. The van der Waals surface area contributed by atoms with Crippen LogP contribution >= 0.6 is 12.4 Å². The lowest BCUT2D eigenvalue weighted by Gasteiger charge is -2.39. The molecule has 3 heterocycles. The van der Waals surface area contributed by atoms with Gasteiger partial charge in [-0.05, 0) is 61.5 Å². The minimum atomic E-state index is -0.210. The predicted octanol–water partition coefficient (Wildman–Crippen LogP) is 3.82. The number of methoxy groups -OCH3 is 2. The number of piperidine rings is 1. The fourth-order valence-electron chi connectivity index (χ4n) is 6.51. The highest BCUT2D eigenvalue weighted by molar-refractivity contribution is 5.85. The summed E-state index contributed by atoms with van der Waals surface area (Å²) < 4.78 is 10.4. The second-order valence-electron chi connectivity index (χ2n) is 10.9. The van der Waals surface area contributed by atoms with Crippen molar-refractivity contribution in [3.63, 3.8) is 0 Å². The average Bonchev–Trinajstić information content (AvgIpc) is 3.48. The number of benzene rings is 2. The van der Waals surface area contributed by atoms with E-state index in [1.165, 1.54) is 5.56 Å². The first-order valence-electron chi connectivity index (χ1n) is 13.5. The molecule has 0 aliphatic carbocycles. The van der Waals surface area contributed by atoms with Gasteiger partial charge in [0.15, 0.2) is 0 Å². The highest BCUT2D eigenvalue weighted by atomic mass is 35.5. The van der Waals surface area contributed by atoms with Gasteiger partial charge in [-0.25, -0.2) is 0 Å². The van der Waals surface area contributed by atoms with Crippen molar-refractivity contribution in [1.82, 2.24) is 14.7 Å². The third kappa shape index (κ3) is 6.00. The van der Waals surface area contributed by atoms with Crippen LogP contribution in [0, 0.1) is 11.3 Å². The van der Waals surface area contributed by atoms with Crippen molar-refractivity contribution >= 4 is 24.2 Å². The monoisotopic (exact) mass is 541 g/mol. The molecule has 3 saturated heterocycles. The summed E-state index contributed by atoms with van der Waals surface area (Å²) in [6, 6.07) is 18.6. The van der Waals surface area contributed by atoms with E-state index < -0.39 is 0 Å². The number of halogens is 1. The Morgan fingerprint density at radius 1 is 0.947 bits per heavy atom. The van der Waals surface area contributed by atoms with Crippen molar-refractivity contribution in [2.45, 2.75) is 31.7 Å². The van der Waals surface area contributed by atoms with Gasteiger partial charge < -0.3 is 24.2 Å². The SMILES string of the molecule is COCC(=O)N1CC(CN2CCC3(CC2)CCN(Cc2ccc(OC)cc2)C3=O)C(c2ccccc2)C1.Cl. The van der Waals surface area contributed by atoms with Crippen LogP contribution in [0.15, 0.2) is 54.6 Å². The third-order valence-corrected chi connectivity index (χ3v) is 8.73. The van der Waals surface area contributed by atoms with Gasteiger partial charge in [0.25, 0.3) is 0 Å². The summed E-state index contributed by atoms with van der Waals surface area (Å²) in [5.74, 6) is 1.93. The van der Waals surface area contributed by atoms with Crippen LogP contribution in [-0.2, 0) is 20.9 Å². The molecular formula is C30H40ClN3O4. The second kappa shape index (κ2) is 12.5. The predicted molar refractivity (Wildman–Crippen MR) is 150 cm³/mol. The molecule has 2 aromatic rings. The highest BCUT2D eigenvalue weighted by Crippen LogP contribution is 2.43. The topological polar surface area (TPSA) is 62.3 Å². The van der Waals surface area contributed by atoms with E-state index >= 15 is 0 Å². The van der Waals surface area contributed by atoms with Crippen LogP contribution in [0.25, 0.3) is 0 Å². The standard InChI is InChI=1S/C30H39N3O4.ClH/c1-36-22-28(34)33-20-25(27(21-33)24-6-4-3-5-7-24)19-31-15-12-30(13-16-31)14-17-32(29(30)35)18-23-8-10-26(37-2)11-9-23;/h3-11,25,27H,12-22H2,1-2H3;1H. The first-order valence-corrected chi connectivity index (χ1v) is 13.5. The van der Waals surface area contributed by atoms with Crippen molar-refractivity contribution < 1.29 is 19.1 Å². The molecule has 0 saturated carbocycles. The summed E-state index contributed by atoms with van der Waals surface area (Å²) in [4.78, 5) is 32.6. The molecule has 206 valence electrons. The molecule has 0 N–H and O–H groups in total. The zero-order valence-electron chi connectivity index (χ0n) is 22.5. The molecule has 3 aliphatic rings. The van der Waals surface area contributed by atoms with Crippen molar-refractivity contribution in [2.24, 2.45) is 11.3 Å². The number of carbonyl (C=O) groups excluding carboxylic acids is 2. The van der Waals surface area contributed by atoms with Crippen molar-refractivity contribution in [1.29, 1.82) is 0 Å². The van der Waals surface area contributed by atoms with E-state index in [1.54, 1.807) is 14.2 Å². The molecule has 8 heteroatoms. The smallest absolute Gasteiger partial charge is 0.248 e. The van der Waals surface area contributed by atoms with Gasteiger partial charge in [-0.1, -0.05) is 42.5 Å². The summed E-state index contributed by atoms with van der Waals surface area (Å²) in [6.45, 7) is 5.97. The van der Waals surface area contributed by atoms with E-state index in [4.69, 9.17) is 9.47 Å². The van der Waals surface area contributed by atoms with Crippen LogP contribution < -0.4 is 4.74 Å². The number of amides is 2. The molecule has 2 aromatic carbocycles. The van der Waals surface area contributed by atoms with E-state index in [-0.39, 0.29) is 30.3 Å². The van der Waals surface area contributed by atoms with E-state index in [0.29, 0.717) is 24.3 Å². The van der Waals surface area contributed by atoms with Gasteiger partial charge in [-0.2, -0.15) is 0 Å². The number of rotatable bonds is 8. The van der Waals surface area contributed by atoms with Gasteiger partial charge in [0.1, 0.15) is 12.4 Å². The Balaban J connectivity index is 0.00000336. The van der Waals surface area contributed by atoms with Gasteiger partial charge in [0.2, 0.25) is 11.8 Å². The Hall–Kier alpha value is -2.61. The quantitative estimate of drug-likeness (QED) is 0.508. The Morgan fingerprint density at radius 2 is 1.63 bits per heavy atom. The first kappa shape index (κ1) is 28.4. The molecule has 2 amide bonds. The maximum atomic E-state index is 13.5. The molecule has 3 fully saturated rings. The van der Waals surface area contributed by atoms with Crippen molar-refractivity contribution in [3.05, 3.63) is 65.7 Å². The van der Waals surface area contributed by atoms with Crippen LogP contribution in [0.2, 0.25) is 0 Å².